The van der Waals surface area contributed by atoms with Crippen LogP contribution in [-0.2, 0) is 66.7 Å². The van der Waals surface area contributed by atoms with E-state index in [1.807, 2.05) is 0 Å². The van der Waals surface area contributed by atoms with E-state index in [1.54, 1.807) is 0 Å². The summed E-state index contributed by atoms with van der Waals surface area (Å²) < 4.78 is 43.3. The zero-order chi connectivity index (χ0) is 32.7. The maximum atomic E-state index is 12.3. The fraction of sp³-hybridized carbons (Fsp3) is 0.750. The first kappa shape index (κ1) is 37.0. The summed E-state index contributed by atoms with van der Waals surface area (Å²) in [6.07, 6.45) is -8.04. The van der Waals surface area contributed by atoms with Crippen molar-refractivity contribution in [2.24, 2.45) is 5.11 Å². The normalized spacial score (nSPS) is 23.3. The number of hydrogen-bond donors (Lipinski definition) is 2. The number of hydrogen-bond acceptors (Lipinski definition) is 15. The van der Waals surface area contributed by atoms with Crippen molar-refractivity contribution >= 4 is 35.8 Å². The number of nitrogens with one attached hydrogen (secondary N) is 1. The Hall–Kier alpha value is -4.03. The molecule has 0 unspecified atom stereocenters. The number of carboxylic acids is 1. The third-order valence-electron chi connectivity index (χ3n) is 5.45. The lowest BCUT2D eigenvalue weighted by Crippen LogP contribution is -2.68. The van der Waals surface area contributed by atoms with Crippen molar-refractivity contribution in [3.63, 3.8) is 0 Å². The topological polar surface area (TPSA) is 257 Å². The van der Waals surface area contributed by atoms with Gasteiger partial charge in [0.2, 0.25) is 12.2 Å². The summed E-state index contributed by atoms with van der Waals surface area (Å²) in [5, 5.41) is 15.7. The van der Waals surface area contributed by atoms with Gasteiger partial charge in [-0.25, -0.2) is 4.79 Å². The molecule has 0 saturated carbocycles. The van der Waals surface area contributed by atoms with Gasteiger partial charge in [-0.2, -0.15) is 0 Å². The Bertz CT molecular complexity index is 1070. The summed E-state index contributed by atoms with van der Waals surface area (Å²) in [7, 11) is 0. The first-order valence-corrected chi connectivity index (χ1v) is 12.8. The molecule has 1 rings (SSSR count). The quantitative estimate of drug-likeness (QED) is 0.0403. The lowest BCUT2D eigenvalue weighted by molar-refractivity contribution is -0.339. The molecule has 43 heavy (non-hydrogen) atoms. The molecule has 1 amide bonds. The van der Waals surface area contributed by atoms with Gasteiger partial charge in [0, 0.05) is 46.1 Å². The molecular weight excluding hydrogens is 584 g/mol. The van der Waals surface area contributed by atoms with E-state index in [0.29, 0.717) is 0 Å². The summed E-state index contributed by atoms with van der Waals surface area (Å²) in [6.45, 7) is 5.18. The number of nitrogens with zero attached hydrogens (tertiary/aromatic N) is 3. The second-order valence-corrected chi connectivity index (χ2v) is 9.13. The molecule has 0 aromatic rings. The molecule has 1 aliphatic heterocycles. The Labute approximate surface area is 245 Å². The standard InChI is InChI=1S/C24H36N4O15/c1-12(29)27-18-20(40-15(4)32)19(39-14(3)31)17(11-38-13(2)30)41-21(18)42-23(24(6,22(34)35)43-16(5)33)37-10-9-36-8-7-26-28-25/h17-21,23H,7-11H2,1-6H3,(H,27,29)(H,34,35)/t17-,18-,19-,20-,21+,23-,24+/m1/s1. The zero-order valence-corrected chi connectivity index (χ0v) is 24.5. The van der Waals surface area contributed by atoms with Crippen LogP contribution < -0.4 is 5.32 Å². The van der Waals surface area contributed by atoms with Crippen molar-refractivity contribution in [1.82, 2.24) is 5.32 Å². The van der Waals surface area contributed by atoms with Gasteiger partial charge in [-0.15, -0.1) is 0 Å². The molecule has 0 aliphatic carbocycles. The number of amides is 1. The molecule has 1 aliphatic rings. The van der Waals surface area contributed by atoms with Crippen LogP contribution in [0.4, 0.5) is 0 Å². The number of carbonyl (C=O) groups excluding carboxylic acids is 5. The first-order chi connectivity index (χ1) is 20.1. The van der Waals surface area contributed by atoms with Crippen molar-refractivity contribution < 1.29 is 71.8 Å². The molecule has 7 atom stereocenters. The van der Waals surface area contributed by atoms with Gasteiger partial charge in [0.15, 0.2) is 18.5 Å². The van der Waals surface area contributed by atoms with Gasteiger partial charge in [-0.05, 0) is 12.5 Å². The summed E-state index contributed by atoms with van der Waals surface area (Å²) in [4.78, 5) is 74.5. The Morgan fingerprint density at radius 3 is 2.09 bits per heavy atom. The third kappa shape index (κ3) is 12.4. The van der Waals surface area contributed by atoms with Gasteiger partial charge in [-0.1, -0.05) is 5.11 Å². The smallest absolute Gasteiger partial charge is 0.353 e. The third-order valence-corrected chi connectivity index (χ3v) is 5.45. The number of carboxylic acid groups (broad SMARTS) is 1. The lowest BCUT2D eigenvalue weighted by Gasteiger charge is -2.46. The molecule has 1 heterocycles. The van der Waals surface area contributed by atoms with Gasteiger partial charge in [-0.3, -0.25) is 24.0 Å². The Kier molecular flexibility index (Phi) is 15.3. The highest BCUT2D eigenvalue weighted by atomic mass is 16.8. The number of carbonyl (C=O) groups is 6. The molecule has 0 aromatic heterocycles. The molecule has 19 heteroatoms. The maximum Gasteiger partial charge on any atom is 0.353 e. The summed E-state index contributed by atoms with van der Waals surface area (Å²) in [6, 6.07) is -1.47. The Morgan fingerprint density at radius 2 is 1.58 bits per heavy atom. The van der Waals surface area contributed by atoms with E-state index < -0.39 is 84.9 Å². The molecule has 2 N–H and O–H groups in total. The first-order valence-electron chi connectivity index (χ1n) is 12.8. The number of esters is 4. The van der Waals surface area contributed by atoms with Gasteiger partial charge in [0.25, 0.3) is 5.60 Å². The van der Waals surface area contributed by atoms with Gasteiger partial charge in [0.05, 0.1) is 19.8 Å². The number of rotatable bonds is 17. The van der Waals surface area contributed by atoms with Gasteiger partial charge in [0.1, 0.15) is 18.8 Å². The molecule has 0 aromatic carbocycles. The molecule has 0 spiro atoms. The summed E-state index contributed by atoms with van der Waals surface area (Å²) in [5.41, 5.74) is 5.82. The van der Waals surface area contributed by atoms with E-state index in [4.69, 9.17) is 43.4 Å². The summed E-state index contributed by atoms with van der Waals surface area (Å²) in [5.74, 6) is -5.86. The molecule has 1 saturated heterocycles. The van der Waals surface area contributed by atoms with Crippen LogP contribution >= 0.6 is 0 Å². The second kappa shape index (κ2) is 17.8. The molecular formula is C24H36N4O15. The average Bonchev–Trinajstić information content (AvgIpc) is 2.88. The van der Waals surface area contributed by atoms with Crippen LogP contribution in [0, 0.1) is 0 Å². The minimum Gasteiger partial charge on any atom is -0.478 e. The average molecular weight is 621 g/mol. The molecule has 19 nitrogen and oxygen atoms in total. The molecule has 1 fully saturated rings. The Morgan fingerprint density at radius 1 is 0.953 bits per heavy atom. The zero-order valence-electron chi connectivity index (χ0n) is 24.5. The van der Waals surface area contributed by atoms with E-state index in [-0.39, 0.29) is 26.4 Å². The van der Waals surface area contributed by atoms with Crippen LogP contribution in [-0.4, -0.2) is 116 Å². The van der Waals surface area contributed by atoms with Crippen LogP contribution in [0.1, 0.15) is 41.5 Å². The second-order valence-electron chi connectivity index (χ2n) is 9.13. The van der Waals surface area contributed by atoms with Crippen LogP contribution in [0.2, 0.25) is 0 Å². The van der Waals surface area contributed by atoms with Crippen molar-refractivity contribution in [3.05, 3.63) is 10.4 Å². The Balaban J connectivity index is 3.55. The van der Waals surface area contributed by atoms with E-state index in [9.17, 15) is 33.9 Å². The highest BCUT2D eigenvalue weighted by Gasteiger charge is 2.55. The fourth-order valence-corrected chi connectivity index (χ4v) is 3.81. The van der Waals surface area contributed by atoms with Crippen LogP contribution in [0.3, 0.4) is 0 Å². The monoisotopic (exact) mass is 620 g/mol. The SMILES string of the molecule is CC(=O)N[C@H]1[C@H](O[C@@H](OCCOCCN=[N+]=[N-])[C@@](C)(OC(C)=O)C(=O)O)O[C@H](COC(C)=O)[C@@H](OC(C)=O)[C@@H]1OC(C)=O. The van der Waals surface area contributed by atoms with Crippen molar-refractivity contribution in [3.8, 4) is 0 Å². The van der Waals surface area contributed by atoms with Crippen molar-refractivity contribution in [1.29, 1.82) is 0 Å². The highest BCUT2D eigenvalue weighted by molar-refractivity contribution is 5.81. The van der Waals surface area contributed by atoms with Crippen LogP contribution in [0.5, 0.6) is 0 Å². The van der Waals surface area contributed by atoms with Crippen LogP contribution in [0.25, 0.3) is 10.4 Å². The van der Waals surface area contributed by atoms with Gasteiger partial charge >= 0.3 is 29.8 Å². The number of ether oxygens (including phenoxy) is 8. The van der Waals surface area contributed by atoms with E-state index in [2.05, 4.69) is 15.3 Å². The summed E-state index contributed by atoms with van der Waals surface area (Å²) >= 11 is 0. The van der Waals surface area contributed by atoms with Crippen molar-refractivity contribution in [2.45, 2.75) is 84.1 Å². The largest absolute Gasteiger partial charge is 0.478 e. The minimum absolute atomic E-state index is 0.00879. The van der Waals surface area contributed by atoms with Crippen molar-refractivity contribution in [2.75, 3.05) is 33.0 Å². The maximum absolute atomic E-state index is 12.3. The minimum atomic E-state index is -2.52. The van der Waals surface area contributed by atoms with E-state index in [0.717, 1.165) is 41.5 Å². The fourth-order valence-electron chi connectivity index (χ4n) is 3.81. The number of aliphatic carboxylic acids is 1. The molecule has 0 radical (unpaired) electrons. The van der Waals surface area contributed by atoms with Gasteiger partial charge < -0.3 is 48.3 Å². The van der Waals surface area contributed by atoms with E-state index in [1.165, 1.54) is 0 Å². The van der Waals surface area contributed by atoms with E-state index >= 15 is 0 Å². The lowest BCUT2D eigenvalue weighted by atomic mass is 9.95. The number of azide groups is 1. The molecule has 242 valence electrons. The molecule has 0 bridgehead atoms. The highest BCUT2D eigenvalue weighted by Crippen LogP contribution is 2.31. The predicted molar refractivity (Wildman–Crippen MR) is 137 cm³/mol. The predicted octanol–water partition coefficient (Wildman–Crippen LogP) is -0.265. The van der Waals surface area contributed by atoms with Crippen LogP contribution in [0.15, 0.2) is 5.11 Å².